The van der Waals surface area contributed by atoms with Crippen LogP contribution in [0, 0.1) is 29.3 Å². The van der Waals surface area contributed by atoms with Gasteiger partial charge in [-0.15, -0.1) is 0 Å². The van der Waals surface area contributed by atoms with E-state index in [9.17, 15) is 4.79 Å². The molecule has 4 rings (SSSR count). The molecule has 0 saturated carbocycles. The number of pyridine rings is 1. The maximum atomic E-state index is 12.5. The van der Waals surface area contributed by atoms with Crippen LogP contribution in [0.1, 0.15) is 69.8 Å². The van der Waals surface area contributed by atoms with Crippen LogP contribution >= 0.6 is 22.6 Å². The third-order valence-corrected chi connectivity index (χ3v) is 6.99. The van der Waals surface area contributed by atoms with Gasteiger partial charge in [0.2, 0.25) is 5.88 Å². The molecule has 1 saturated heterocycles. The van der Waals surface area contributed by atoms with Gasteiger partial charge in [0.05, 0.1) is 26.4 Å². The molecule has 1 fully saturated rings. The zero-order chi connectivity index (χ0) is 26.0. The van der Waals surface area contributed by atoms with Crippen LogP contribution in [0.15, 0.2) is 24.4 Å². The van der Waals surface area contributed by atoms with E-state index in [0.29, 0.717) is 24.7 Å². The highest BCUT2D eigenvalue weighted by Gasteiger charge is 2.29. The number of halogens is 1. The van der Waals surface area contributed by atoms with E-state index < -0.39 is 5.60 Å². The second-order valence-corrected chi connectivity index (χ2v) is 11.2. The molecule has 8 heteroatoms. The molecule has 36 heavy (non-hydrogen) atoms. The number of carbonyl (C=O) groups excluding carboxylic acids is 1. The molecule has 0 aliphatic carbocycles. The first-order chi connectivity index (χ1) is 17.1. The fraction of sp³-hybridized carbons (Fsp3) is 0.464. The van der Waals surface area contributed by atoms with Crippen molar-refractivity contribution in [3.8, 4) is 23.5 Å². The van der Waals surface area contributed by atoms with Gasteiger partial charge < -0.3 is 14.4 Å². The number of rotatable bonds is 3. The minimum Gasteiger partial charge on any atom is -0.444 e. The maximum Gasteiger partial charge on any atom is 0.410 e. The number of ether oxygens (including phenoxy) is 2. The molecule has 0 unspecified atom stereocenters. The third-order valence-electron chi connectivity index (χ3n) is 6.17. The van der Waals surface area contributed by atoms with Crippen LogP contribution in [-0.4, -0.2) is 44.4 Å². The van der Waals surface area contributed by atoms with Gasteiger partial charge in [0.25, 0.3) is 0 Å². The summed E-state index contributed by atoms with van der Waals surface area (Å²) in [6.07, 6.45) is 3.85. The predicted molar refractivity (Wildman–Crippen MR) is 149 cm³/mol. The van der Waals surface area contributed by atoms with Gasteiger partial charge in [0, 0.05) is 37.2 Å². The highest BCUT2D eigenvalue weighted by molar-refractivity contribution is 14.1. The van der Waals surface area contributed by atoms with Crippen molar-refractivity contribution in [2.45, 2.75) is 72.4 Å². The smallest absolute Gasteiger partial charge is 0.410 e. The number of aromatic nitrogens is 3. The standard InChI is InChI=1S/C28H33IN4O3/c1-7-8-10-21-18(2)25-19(3)31-33(20-12-15-32(16-13-20)27(34)36-28(4,5)6)23(25)17-24(21)35-26-22(29)11-9-14-30-26/h9,11,14,17,20H,7,12-13,15-16H2,1-6H3. The molecule has 3 aromatic rings. The number of fused-ring (bicyclic) bond motifs is 1. The number of nitrogens with zero attached hydrogens (tertiary/aromatic N) is 4. The second-order valence-electron chi connectivity index (χ2n) is 10.0. The first-order valence-corrected chi connectivity index (χ1v) is 13.4. The topological polar surface area (TPSA) is 69.5 Å². The second kappa shape index (κ2) is 10.7. The molecule has 1 aromatic carbocycles. The number of hydrogen-bond acceptors (Lipinski definition) is 5. The van der Waals surface area contributed by atoms with Crippen LogP contribution in [-0.2, 0) is 4.74 Å². The van der Waals surface area contributed by atoms with E-state index in [2.05, 4.69) is 51.0 Å². The SMILES string of the molecule is CCC#Cc1c(Oc2ncccc2I)cc2c(c(C)nn2C2CCN(C(=O)OC(C)(C)C)CC2)c1C. The zero-order valence-corrected chi connectivity index (χ0v) is 24.0. The monoisotopic (exact) mass is 600 g/mol. The van der Waals surface area contributed by atoms with Gasteiger partial charge in [0.1, 0.15) is 11.4 Å². The van der Waals surface area contributed by atoms with Crippen LogP contribution in [0.2, 0.25) is 0 Å². The summed E-state index contributed by atoms with van der Waals surface area (Å²) in [4.78, 5) is 18.7. The van der Waals surface area contributed by atoms with Gasteiger partial charge in [-0.1, -0.05) is 18.8 Å². The molecule has 7 nitrogen and oxygen atoms in total. The summed E-state index contributed by atoms with van der Waals surface area (Å²) in [5, 5.41) is 6.06. The number of hydrogen-bond donors (Lipinski definition) is 0. The van der Waals surface area contributed by atoms with Crippen LogP contribution in [0.4, 0.5) is 4.79 Å². The lowest BCUT2D eigenvalue weighted by Crippen LogP contribution is -2.42. The summed E-state index contributed by atoms with van der Waals surface area (Å²) >= 11 is 2.23. The van der Waals surface area contributed by atoms with E-state index in [4.69, 9.17) is 14.6 Å². The van der Waals surface area contributed by atoms with Crippen molar-refractivity contribution >= 4 is 39.6 Å². The van der Waals surface area contributed by atoms with Crippen LogP contribution < -0.4 is 4.74 Å². The normalized spacial score (nSPS) is 14.5. The van der Waals surface area contributed by atoms with Crippen molar-refractivity contribution in [1.29, 1.82) is 0 Å². The van der Waals surface area contributed by atoms with Gasteiger partial charge in [0.15, 0.2) is 0 Å². The Kier molecular flexibility index (Phi) is 7.79. The largest absolute Gasteiger partial charge is 0.444 e. The number of benzene rings is 1. The van der Waals surface area contributed by atoms with Crippen LogP contribution in [0.25, 0.3) is 10.9 Å². The molecule has 0 atom stereocenters. The first kappa shape index (κ1) is 26.3. The molecule has 0 spiro atoms. The molecule has 0 bridgehead atoms. The molecule has 2 aromatic heterocycles. The molecule has 190 valence electrons. The zero-order valence-electron chi connectivity index (χ0n) is 21.8. The summed E-state index contributed by atoms with van der Waals surface area (Å²) in [6.45, 7) is 13.1. The Morgan fingerprint density at radius 1 is 1.25 bits per heavy atom. The fourth-order valence-corrected chi connectivity index (χ4v) is 4.99. The molecule has 0 radical (unpaired) electrons. The Balaban J connectivity index is 1.70. The van der Waals surface area contributed by atoms with Crippen molar-refractivity contribution < 1.29 is 14.3 Å². The molecule has 1 aliphatic rings. The van der Waals surface area contributed by atoms with E-state index in [1.807, 2.05) is 52.8 Å². The average Bonchev–Trinajstić information content (AvgIpc) is 3.15. The molecule has 1 aliphatic heterocycles. The number of carbonyl (C=O) groups is 1. The van der Waals surface area contributed by atoms with Gasteiger partial charge in [-0.05, 0) is 87.7 Å². The van der Waals surface area contributed by atoms with E-state index in [-0.39, 0.29) is 12.1 Å². The van der Waals surface area contributed by atoms with E-state index in [0.717, 1.165) is 50.6 Å². The fourth-order valence-electron chi connectivity index (χ4n) is 4.53. The average molecular weight is 601 g/mol. The lowest BCUT2D eigenvalue weighted by atomic mass is 10.0. The highest BCUT2D eigenvalue weighted by Crippen LogP contribution is 2.37. The Labute approximate surface area is 226 Å². The first-order valence-electron chi connectivity index (χ1n) is 12.4. The summed E-state index contributed by atoms with van der Waals surface area (Å²) in [7, 11) is 0. The van der Waals surface area contributed by atoms with E-state index in [1.165, 1.54) is 0 Å². The van der Waals surface area contributed by atoms with Crippen molar-refractivity contribution in [3.05, 3.63) is 44.8 Å². The summed E-state index contributed by atoms with van der Waals surface area (Å²) < 4.78 is 14.9. The van der Waals surface area contributed by atoms with Crippen molar-refractivity contribution in [2.75, 3.05) is 13.1 Å². The summed E-state index contributed by atoms with van der Waals surface area (Å²) in [5.74, 6) is 7.76. The van der Waals surface area contributed by atoms with Gasteiger partial charge in [-0.25, -0.2) is 9.78 Å². The van der Waals surface area contributed by atoms with Crippen molar-refractivity contribution in [3.63, 3.8) is 0 Å². The van der Waals surface area contributed by atoms with E-state index in [1.54, 1.807) is 11.1 Å². The Bertz CT molecular complexity index is 1340. The highest BCUT2D eigenvalue weighted by atomic mass is 127. The number of aryl methyl sites for hydroxylation is 2. The Hall–Kier alpha value is -2.80. The van der Waals surface area contributed by atoms with Gasteiger partial charge in [-0.3, -0.25) is 4.68 Å². The van der Waals surface area contributed by atoms with Crippen LogP contribution in [0.3, 0.4) is 0 Å². The lowest BCUT2D eigenvalue weighted by Gasteiger charge is -2.33. The predicted octanol–water partition coefficient (Wildman–Crippen LogP) is 6.78. The maximum absolute atomic E-state index is 12.5. The molecular weight excluding hydrogens is 567 g/mol. The van der Waals surface area contributed by atoms with Crippen LogP contribution in [0.5, 0.6) is 11.6 Å². The molecule has 0 N–H and O–H groups in total. The van der Waals surface area contributed by atoms with Crippen molar-refractivity contribution in [1.82, 2.24) is 19.7 Å². The van der Waals surface area contributed by atoms with Gasteiger partial charge in [-0.2, -0.15) is 5.10 Å². The van der Waals surface area contributed by atoms with Crippen molar-refractivity contribution in [2.24, 2.45) is 0 Å². The molecule has 1 amide bonds. The number of piperidine rings is 1. The summed E-state index contributed by atoms with van der Waals surface area (Å²) in [6, 6.07) is 6.09. The third kappa shape index (κ3) is 5.61. The quantitative estimate of drug-likeness (QED) is 0.245. The number of amides is 1. The molecule has 3 heterocycles. The Morgan fingerprint density at radius 3 is 2.61 bits per heavy atom. The summed E-state index contributed by atoms with van der Waals surface area (Å²) in [5.41, 5.74) is 3.41. The van der Waals surface area contributed by atoms with E-state index >= 15 is 0 Å². The minimum atomic E-state index is -0.499. The lowest BCUT2D eigenvalue weighted by molar-refractivity contribution is 0.0186. The number of likely N-dealkylation sites (tertiary alicyclic amines) is 1. The van der Waals surface area contributed by atoms with Gasteiger partial charge >= 0.3 is 6.09 Å². The minimum absolute atomic E-state index is 0.176. The molecular formula is C28H33IN4O3. The Morgan fingerprint density at radius 2 is 1.97 bits per heavy atom.